The van der Waals surface area contributed by atoms with Gasteiger partial charge >= 0.3 is 39.5 Å². The number of phosphoric ester groups is 2. The van der Waals surface area contributed by atoms with Crippen molar-refractivity contribution in [2.45, 2.75) is 407 Å². The van der Waals surface area contributed by atoms with Crippen molar-refractivity contribution >= 4 is 39.5 Å². The summed E-state index contributed by atoms with van der Waals surface area (Å²) in [6, 6.07) is 0. The fourth-order valence-electron chi connectivity index (χ4n) is 11.6. The summed E-state index contributed by atoms with van der Waals surface area (Å²) in [5.74, 6) is 0.217. The first kappa shape index (κ1) is 93.1. The molecule has 0 aromatic heterocycles. The molecule has 0 aliphatic heterocycles. The summed E-state index contributed by atoms with van der Waals surface area (Å²) in [7, 11) is -9.90. The topological polar surface area (TPSA) is 237 Å². The Balaban J connectivity index is 5.17. The van der Waals surface area contributed by atoms with Crippen molar-refractivity contribution in [3.63, 3.8) is 0 Å². The number of phosphoric acid groups is 2. The first-order valence-corrected chi connectivity index (χ1v) is 42.4. The van der Waals surface area contributed by atoms with E-state index in [4.69, 9.17) is 37.0 Å². The number of rotatable bonds is 74. The van der Waals surface area contributed by atoms with E-state index in [2.05, 4.69) is 48.5 Å². The average molecular weight is 1400 g/mol. The molecule has 0 radical (unpaired) electrons. The quantitative estimate of drug-likeness (QED) is 0.0222. The van der Waals surface area contributed by atoms with Gasteiger partial charge in [-0.2, -0.15) is 0 Å². The van der Waals surface area contributed by atoms with Crippen LogP contribution < -0.4 is 0 Å². The monoisotopic (exact) mass is 1400 g/mol. The third kappa shape index (κ3) is 69.0. The largest absolute Gasteiger partial charge is 0.472 e. The fourth-order valence-corrected chi connectivity index (χ4v) is 13.1. The van der Waals surface area contributed by atoms with Crippen LogP contribution in [0.25, 0.3) is 0 Å². The standard InChI is InChI=1S/C76H148O17P2/c1-8-10-11-12-33-43-50-57-73(78)86-63-72(93-76(81)60-53-46-39-38-42-49-56-69(7)9-2)66-91-95(84,85)89-62-70(77)61-88-94(82,83)90-65-71(92-75(80)59-52-45-37-32-28-24-20-16-14-18-22-26-30-35-41-48-55-68(5)6)64-87-74(79)58-51-44-36-31-27-23-19-15-13-17-21-25-29-34-40-47-54-67(3)4/h67-72,77H,8-66H2,1-7H3,(H,82,83)(H,84,85)/t69?,70-,71-,72-/m1/s1. The van der Waals surface area contributed by atoms with Gasteiger partial charge in [-0.3, -0.25) is 37.3 Å². The fraction of sp³-hybridized carbons (Fsp3) is 0.947. The lowest BCUT2D eigenvalue weighted by atomic mass is 10.00. The highest BCUT2D eigenvalue weighted by atomic mass is 31.2. The number of hydrogen-bond acceptors (Lipinski definition) is 15. The Morgan fingerprint density at radius 1 is 0.305 bits per heavy atom. The molecule has 95 heavy (non-hydrogen) atoms. The van der Waals surface area contributed by atoms with Crippen molar-refractivity contribution in [3.8, 4) is 0 Å². The summed E-state index contributed by atoms with van der Waals surface area (Å²) < 4.78 is 68.4. The Hall–Kier alpha value is -1.94. The molecule has 0 saturated heterocycles. The van der Waals surface area contributed by atoms with Gasteiger partial charge in [0.05, 0.1) is 26.4 Å². The van der Waals surface area contributed by atoms with E-state index in [1.807, 2.05) is 0 Å². The highest BCUT2D eigenvalue weighted by Gasteiger charge is 2.30. The Morgan fingerprint density at radius 2 is 0.537 bits per heavy atom. The Labute approximate surface area is 581 Å². The summed E-state index contributed by atoms with van der Waals surface area (Å²) >= 11 is 0. The van der Waals surface area contributed by atoms with E-state index in [0.29, 0.717) is 25.7 Å². The maximum Gasteiger partial charge on any atom is 0.472 e. The molecule has 0 amide bonds. The van der Waals surface area contributed by atoms with E-state index in [9.17, 15) is 43.2 Å². The SMILES string of the molecule is CCCCCCCCCC(=O)OC[C@H](COP(=O)(O)OC[C@H](O)COP(=O)(O)OC[C@@H](COC(=O)CCCCCCCCCCCCCCCCCCC(C)C)OC(=O)CCCCCCCCCCCCCCCCCCC(C)C)OC(=O)CCCCCCCCC(C)CC. The molecule has 0 fully saturated rings. The van der Waals surface area contributed by atoms with Crippen LogP contribution in [0.3, 0.4) is 0 Å². The van der Waals surface area contributed by atoms with Crippen molar-refractivity contribution in [2.24, 2.45) is 17.8 Å². The van der Waals surface area contributed by atoms with Crippen molar-refractivity contribution in [1.82, 2.24) is 0 Å². The molecule has 0 rings (SSSR count). The van der Waals surface area contributed by atoms with Crippen LogP contribution in [0.1, 0.15) is 389 Å². The molecule has 3 N–H and O–H groups in total. The first-order chi connectivity index (χ1) is 45.8. The summed E-state index contributed by atoms with van der Waals surface area (Å²) in [6.07, 6.45) is 53.0. The van der Waals surface area contributed by atoms with E-state index < -0.39 is 97.5 Å². The minimum Gasteiger partial charge on any atom is -0.462 e. The van der Waals surface area contributed by atoms with Crippen LogP contribution in [0.2, 0.25) is 0 Å². The molecule has 0 bridgehead atoms. The summed E-state index contributed by atoms with van der Waals surface area (Å²) in [5, 5.41) is 10.6. The number of hydrogen-bond donors (Lipinski definition) is 3. The lowest BCUT2D eigenvalue weighted by Crippen LogP contribution is -2.30. The average Bonchev–Trinajstić information content (AvgIpc) is 3.65. The number of esters is 4. The number of ether oxygens (including phenoxy) is 4. The number of carbonyl (C=O) groups is 4. The molecule has 0 spiro atoms. The van der Waals surface area contributed by atoms with E-state index in [1.54, 1.807) is 0 Å². The molecule has 0 heterocycles. The molecule has 0 aromatic rings. The number of aliphatic hydroxyl groups is 1. The molecule has 3 unspecified atom stereocenters. The van der Waals surface area contributed by atoms with E-state index in [1.165, 1.54) is 186 Å². The maximum atomic E-state index is 13.1. The Bertz CT molecular complexity index is 1850. The van der Waals surface area contributed by atoms with Crippen LogP contribution in [-0.2, 0) is 65.4 Å². The molecule has 0 aromatic carbocycles. The van der Waals surface area contributed by atoms with Crippen molar-refractivity contribution in [3.05, 3.63) is 0 Å². The van der Waals surface area contributed by atoms with Gasteiger partial charge in [0, 0.05) is 25.7 Å². The zero-order valence-electron chi connectivity index (χ0n) is 62.1. The highest BCUT2D eigenvalue weighted by Crippen LogP contribution is 2.45. The van der Waals surface area contributed by atoms with Gasteiger partial charge < -0.3 is 33.8 Å². The minimum atomic E-state index is -4.96. The molecular weight excluding hydrogens is 1250 g/mol. The summed E-state index contributed by atoms with van der Waals surface area (Å²) in [6.45, 7) is 11.9. The Morgan fingerprint density at radius 3 is 0.800 bits per heavy atom. The molecule has 17 nitrogen and oxygen atoms in total. The number of aliphatic hydroxyl groups excluding tert-OH is 1. The van der Waals surface area contributed by atoms with Gasteiger partial charge in [0.15, 0.2) is 12.2 Å². The van der Waals surface area contributed by atoms with Crippen molar-refractivity contribution in [2.75, 3.05) is 39.6 Å². The second-order valence-corrected chi connectivity index (χ2v) is 31.5. The molecule has 0 saturated carbocycles. The van der Waals surface area contributed by atoms with Gasteiger partial charge in [-0.15, -0.1) is 0 Å². The molecule has 19 heteroatoms. The van der Waals surface area contributed by atoms with E-state index in [-0.39, 0.29) is 25.7 Å². The lowest BCUT2D eigenvalue weighted by molar-refractivity contribution is -0.161. The molecule has 6 atom stereocenters. The Kier molecular flexibility index (Phi) is 65.2. The van der Waals surface area contributed by atoms with Crippen LogP contribution in [-0.4, -0.2) is 96.7 Å². The zero-order valence-corrected chi connectivity index (χ0v) is 63.9. The molecular formula is C76H148O17P2. The zero-order chi connectivity index (χ0) is 70.1. The normalized spacial score (nSPS) is 14.4. The van der Waals surface area contributed by atoms with E-state index >= 15 is 0 Å². The third-order valence-corrected chi connectivity index (χ3v) is 19.9. The first-order valence-electron chi connectivity index (χ1n) is 39.4. The smallest absolute Gasteiger partial charge is 0.462 e. The second-order valence-electron chi connectivity index (χ2n) is 28.6. The highest BCUT2D eigenvalue weighted by molar-refractivity contribution is 7.47. The predicted molar refractivity (Wildman–Crippen MR) is 386 cm³/mol. The van der Waals surface area contributed by atoms with Crippen molar-refractivity contribution in [1.29, 1.82) is 0 Å². The number of carbonyl (C=O) groups excluding carboxylic acids is 4. The van der Waals surface area contributed by atoms with Gasteiger partial charge in [0.25, 0.3) is 0 Å². The van der Waals surface area contributed by atoms with Crippen molar-refractivity contribution < 1.29 is 80.2 Å². The predicted octanol–water partition coefficient (Wildman–Crippen LogP) is 22.2. The number of unbranched alkanes of at least 4 members (excludes halogenated alkanes) is 41. The summed E-state index contributed by atoms with van der Waals surface area (Å²) in [5.41, 5.74) is 0. The van der Waals surface area contributed by atoms with Gasteiger partial charge in [-0.05, 0) is 43.4 Å². The maximum absolute atomic E-state index is 13.1. The second kappa shape index (κ2) is 66.6. The molecule has 564 valence electrons. The van der Waals surface area contributed by atoms with Crippen LogP contribution >= 0.6 is 15.6 Å². The van der Waals surface area contributed by atoms with Crippen LogP contribution in [0, 0.1) is 17.8 Å². The van der Waals surface area contributed by atoms with Crippen LogP contribution in [0.4, 0.5) is 0 Å². The summed E-state index contributed by atoms with van der Waals surface area (Å²) in [4.78, 5) is 72.6. The van der Waals surface area contributed by atoms with Crippen LogP contribution in [0.5, 0.6) is 0 Å². The molecule has 0 aliphatic carbocycles. The van der Waals surface area contributed by atoms with E-state index in [0.717, 1.165) is 120 Å². The minimum absolute atomic E-state index is 0.103. The van der Waals surface area contributed by atoms with Crippen LogP contribution in [0.15, 0.2) is 0 Å². The van der Waals surface area contributed by atoms with Gasteiger partial charge in [0.1, 0.15) is 19.3 Å². The van der Waals surface area contributed by atoms with Gasteiger partial charge in [-0.25, -0.2) is 9.13 Å². The molecule has 0 aliphatic rings. The third-order valence-electron chi connectivity index (χ3n) is 18.0. The van der Waals surface area contributed by atoms with Gasteiger partial charge in [0.2, 0.25) is 0 Å². The van der Waals surface area contributed by atoms with Gasteiger partial charge in [-0.1, -0.05) is 337 Å². The lowest BCUT2D eigenvalue weighted by Gasteiger charge is -2.21.